The van der Waals surface area contributed by atoms with E-state index in [9.17, 15) is 0 Å². The third-order valence-electron chi connectivity index (χ3n) is 4.15. The number of halogens is 1. The van der Waals surface area contributed by atoms with Crippen LogP contribution in [0.25, 0.3) is 0 Å². The first-order valence-electron chi connectivity index (χ1n) is 8.02. The first kappa shape index (κ1) is 21.3. The van der Waals surface area contributed by atoms with E-state index >= 15 is 0 Å². The molecule has 0 unspecified atom stereocenters. The first-order valence-corrected chi connectivity index (χ1v) is 8.02. The summed E-state index contributed by atoms with van der Waals surface area (Å²) in [6.07, 6.45) is 1.79. The van der Waals surface area contributed by atoms with Gasteiger partial charge in [0.05, 0.1) is 19.3 Å². The smallest absolute Gasteiger partial charge is 0.191 e. The minimum Gasteiger partial charge on any atom is -0.497 e. The van der Waals surface area contributed by atoms with Gasteiger partial charge in [-0.3, -0.25) is 9.67 Å². The molecular weight excluding hydrogens is 429 g/mol. The normalized spacial score (nSPS) is 11.6. The summed E-state index contributed by atoms with van der Waals surface area (Å²) in [4.78, 5) is 4.29. The molecule has 25 heavy (non-hydrogen) atoms. The van der Waals surface area contributed by atoms with Gasteiger partial charge in [-0.25, -0.2) is 0 Å². The van der Waals surface area contributed by atoms with Crippen molar-refractivity contribution in [1.29, 1.82) is 0 Å². The largest absolute Gasteiger partial charge is 0.497 e. The molecule has 2 rings (SSSR count). The van der Waals surface area contributed by atoms with Crippen LogP contribution in [0.5, 0.6) is 5.75 Å². The van der Waals surface area contributed by atoms with Crippen molar-refractivity contribution < 1.29 is 4.74 Å². The second-order valence-electron chi connectivity index (χ2n) is 6.34. The molecule has 138 valence electrons. The Kier molecular flexibility index (Phi) is 8.21. The van der Waals surface area contributed by atoms with E-state index in [4.69, 9.17) is 4.74 Å². The number of hydrogen-bond acceptors (Lipinski definition) is 3. The van der Waals surface area contributed by atoms with E-state index in [2.05, 4.69) is 46.7 Å². The van der Waals surface area contributed by atoms with Crippen molar-refractivity contribution in [2.24, 2.45) is 12.0 Å². The van der Waals surface area contributed by atoms with Gasteiger partial charge >= 0.3 is 0 Å². The summed E-state index contributed by atoms with van der Waals surface area (Å²) in [6.45, 7) is 5.86. The van der Waals surface area contributed by atoms with Crippen LogP contribution >= 0.6 is 24.0 Å². The molecule has 2 N–H and O–H groups in total. The number of nitrogens with one attached hydrogen (secondary N) is 2. The van der Waals surface area contributed by atoms with Gasteiger partial charge < -0.3 is 15.4 Å². The molecule has 1 aromatic carbocycles. The Labute approximate surface area is 167 Å². The van der Waals surface area contributed by atoms with E-state index in [0.29, 0.717) is 6.54 Å². The van der Waals surface area contributed by atoms with E-state index in [0.717, 1.165) is 23.9 Å². The number of aliphatic imine (C=N–C) groups is 1. The molecule has 1 aromatic heterocycles. The molecule has 1 heterocycles. The predicted molar refractivity (Wildman–Crippen MR) is 113 cm³/mol. The van der Waals surface area contributed by atoms with Gasteiger partial charge in [0.25, 0.3) is 0 Å². The van der Waals surface area contributed by atoms with Crippen LogP contribution in [-0.2, 0) is 19.0 Å². The second-order valence-corrected chi connectivity index (χ2v) is 6.34. The van der Waals surface area contributed by atoms with E-state index in [1.807, 2.05) is 29.9 Å². The van der Waals surface area contributed by atoms with E-state index in [1.165, 1.54) is 5.56 Å². The van der Waals surface area contributed by atoms with Crippen LogP contribution in [0.1, 0.15) is 25.1 Å². The monoisotopic (exact) mass is 457 g/mol. The number of ether oxygens (including phenoxy) is 1. The van der Waals surface area contributed by atoms with Gasteiger partial charge in [0.2, 0.25) is 0 Å². The lowest BCUT2D eigenvalue weighted by Crippen LogP contribution is -2.43. The average molecular weight is 457 g/mol. The summed E-state index contributed by atoms with van der Waals surface area (Å²) < 4.78 is 7.07. The van der Waals surface area contributed by atoms with Crippen LogP contribution in [0.2, 0.25) is 0 Å². The third kappa shape index (κ3) is 5.91. The number of nitrogens with zero attached hydrogens (tertiary/aromatic N) is 3. The van der Waals surface area contributed by atoms with Crippen molar-refractivity contribution in [3.05, 3.63) is 47.8 Å². The molecule has 0 saturated heterocycles. The molecule has 0 aliphatic heterocycles. The van der Waals surface area contributed by atoms with Crippen LogP contribution < -0.4 is 15.4 Å². The third-order valence-corrected chi connectivity index (χ3v) is 4.15. The van der Waals surface area contributed by atoms with Crippen molar-refractivity contribution >= 4 is 29.9 Å². The molecule has 6 nitrogen and oxygen atoms in total. The topological polar surface area (TPSA) is 63.5 Å². The van der Waals surface area contributed by atoms with Gasteiger partial charge in [0.15, 0.2) is 5.96 Å². The molecule has 0 bridgehead atoms. The van der Waals surface area contributed by atoms with Crippen molar-refractivity contribution in [2.75, 3.05) is 20.7 Å². The Hall–Kier alpha value is -1.77. The number of methoxy groups -OCH3 is 1. The number of aryl methyl sites for hydroxylation is 1. The van der Waals surface area contributed by atoms with Crippen LogP contribution in [0, 0.1) is 0 Å². The number of guanidine groups is 1. The summed E-state index contributed by atoms with van der Waals surface area (Å²) in [5.41, 5.74) is 2.32. The zero-order valence-electron chi connectivity index (χ0n) is 15.5. The fraction of sp³-hybridized carbons (Fsp3) is 0.444. The van der Waals surface area contributed by atoms with Gasteiger partial charge in [-0.05, 0) is 23.8 Å². The molecule has 0 atom stereocenters. The van der Waals surface area contributed by atoms with Crippen molar-refractivity contribution in [3.8, 4) is 5.75 Å². The highest BCUT2D eigenvalue weighted by atomic mass is 127. The Morgan fingerprint density at radius 2 is 1.88 bits per heavy atom. The Morgan fingerprint density at radius 1 is 1.20 bits per heavy atom. The molecule has 0 spiro atoms. The summed E-state index contributed by atoms with van der Waals surface area (Å²) >= 11 is 0. The molecule has 0 saturated carbocycles. The standard InChI is InChI=1S/C18H27N5O.HI/c1-18(2,14-6-8-16(24-5)9-7-14)13-21-17(19-3)20-12-15-10-11-22-23(15)4;/h6-11H,12-13H2,1-5H3,(H2,19,20,21);1H. The maximum absolute atomic E-state index is 5.22. The lowest BCUT2D eigenvalue weighted by atomic mass is 9.84. The Morgan fingerprint density at radius 3 is 2.40 bits per heavy atom. The highest BCUT2D eigenvalue weighted by Crippen LogP contribution is 2.24. The SMILES string of the molecule is CN=C(NCc1ccnn1C)NCC(C)(C)c1ccc(OC)cc1.I. The first-order chi connectivity index (χ1) is 11.5. The zero-order valence-corrected chi connectivity index (χ0v) is 17.9. The maximum Gasteiger partial charge on any atom is 0.191 e. The summed E-state index contributed by atoms with van der Waals surface area (Å²) in [7, 11) is 5.39. The van der Waals surface area contributed by atoms with Gasteiger partial charge in [0, 0.05) is 32.3 Å². The fourth-order valence-corrected chi connectivity index (χ4v) is 2.42. The Balaban J connectivity index is 0.00000312. The number of hydrogen-bond donors (Lipinski definition) is 2. The predicted octanol–water partition coefficient (Wildman–Crippen LogP) is 2.69. The number of rotatable bonds is 6. The summed E-state index contributed by atoms with van der Waals surface area (Å²) in [5.74, 6) is 1.65. The lowest BCUT2D eigenvalue weighted by Gasteiger charge is -2.27. The number of aromatic nitrogens is 2. The second kappa shape index (κ2) is 9.65. The van der Waals surface area contributed by atoms with Gasteiger partial charge in [-0.2, -0.15) is 5.10 Å². The quantitative estimate of drug-likeness (QED) is 0.398. The molecule has 0 aliphatic rings. The summed E-state index contributed by atoms with van der Waals surface area (Å²) in [6, 6.07) is 10.2. The molecule has 0 amide bonds. The molecule has 7 heteroatoms. The highest BCUT2D eigenvalue weighted by Gasteiger charge is 2.21. The van der Waals surface area contributed by atoms with Crippen molar-refractivity contribution in [1.82, 2.24) is 20.4 Å². The molecule has 0 fully saturated rings. The fourth-order valence-electron chi connectivity index (χ4n) is 2.42. The molecule has 0 aliphatic carbocycles. The summed E-state index contributed by atoms with van der Waals surface area (Å²) in [5, 5.41) is 10.9. The van der Waals surface area contributed by atoms with Gasteiger partial charge in [-0.1, -0.05) is 26.0 Å². The Bertz CT molecular complexity index is 679. The van der Waals surface area contributed by atoms with Crippen molar-refractivity contribution in [3.63, 3.8) is 0 Å². The van der Waals surface area contributed by atoms with Gasteiger partial charge in [0.1, 0.15) is 5.75 Å². The van der Waals surface area contributed by atoms with Crippen LogP contribution in [-0.4, -0.2) is 36.4 Å². The molecular formula is C18H28IN5O. The highest BCUT2D eigenvalue weighted by molar-refractivity contribution is 14.0. The van der Waals surface area contributed by atoms with E-state index in [-0.39, 0.29) is 29.4 Å². The van der Waals surface area contributed by atoms with Gasteiger partial charge in [-0.15, -0.1) is 24.0 Å². The molecule has 0 radical (unpaired) electrons. The van der Waals surface area contributed by atoms with Crippen LogP contribution in [0.3, 0.4) is 0 Å². The lowest BCUT2D eigenvalue weighted by molar-refractivity contribution is 0.414. The zero-order chi connectivity index (χ0) is 17.6. The van der Waals surface area contributed by atoms with Crippen LogP contribution in [0.4, 0.5) is 0 Å². The van der Waals surface area contributed by atoms with Crippen molar-refractivity contribution in [2.45, 2.75) is 25.8 Å². The maximum atomic E-state index is 5.22. The number of benzene rings is 1. The minimum absolute atomic E-state index is 0. The van der Waals surface area contributed by atoms with E-state index in [1.54, 1.807) is 20.4 Å². The molecule has 2 aromatic rings. The minimum atomic E-state index is -0.0313. The van der Waals surface area contributed by atoms with Crippen LogP contribution in [0.15, 0.2) is 41.5 Å². The van der Waals surface area contributed by atoms with E-state index < -0.39 is 0 Å². The average Bonchev–Trinajstić information content (AvgIpc) is 3.00.